The lowest BCUT2D eigenvalue weighted by molar-refractivity contribution is 0.0135. The topological polar surface area (TPSA) is 84.9 Å². The molecule has 0 aliphatic carbocycles. The molecule has 4 unspecified atom stereocenters. The number of hydrogen-bond acceptors (Lipinski definition) is 5. The zero-order valence-corrected chi connectivity index (χ0v) is 6.30. The van der Waals surface area contributed by atoms with Crippen molar-refractivity contribution in [2.24, 2.45) is 10.9 Å². The smallest absolute Gasteiger partial charge is 0.148 e. The monoisotopic (exact) mass is 160 g/mol. The molecule has 4 atom stereocenters. The number of nitrogens with two attached hydrogens (primary N) is 1. The molecule has 1 aliphatic heterocycles. The molecule has 11 heavy (non-hydrogen) atoms. The average molecular weight is 160 g/mol. The maximum Gasteiger partial charge on any atom is 0.148 e. The van der Waals surface area contributed by atoms with E-state index in [4.69, 9.17) is 10.5 Å². The Morgan fingerprint density at radius 2 is 2.36 bits per heavy atom. The molecule has 0 radical (unpaired) electrons. The number of aliphatic hydroxyl groups is 1. The fraction of sp³-hybridized carbons (Fsp3) is 1.00. The van der Waals surface area contributed by atoms with Gasteiger partial charge in [0, 0.05) is 0 Å². The van der Waals surface area contributed by atoms with Gasteiger partial charge < -0.3 is 15.6 Å². The van der Waals surface area contributed by atoms with Gasteiger partial charge in [0.1, 0.15) is 18.4 Å². The van der Waals surface area contributed by atoms with Crippen LogP contribution in [0.5, 0.6) is 0 Å². The summed E-state index contributed by atoms with van der Waals surface area (Å²) in [6.07, 6.45) is -1.39. The van der Waals surface area contributed by atoms with Gasteiger partial charge in [0.2, 0.25) is 0 Å². The molecular weight excluding hydrogens is 148 g/mol. The Kier molecular flexibility index (Phi) is 2.53. The quantitative estimate of drug-likeness (QED) is 0.537. The highest BCUT2D eigenvalue weighted by molar-refractivity contribution is 4.92. The van der Waals surface area contributed by atoms with Crippen LogP contribution in [0.1, 0.15) is 13.3 Å². The van der Waals surface area contributed by atoms with Crippen molar-refractivity contribution in [1.82, 2.24) is 0 Å². The molecule has 1 rings (SSSR count). The highest BCUT2D eigenvalue weighted by Gasteiger charge is 2.41. The second-order valence-corrected chi connectivity index (χ2v) is 2.63. The summed E-state index contributed by atoms with van der Waals surface area (Å²) in [5, 5.41) is 12.0. The highest BCUT2D eigenvalue weighted by Crippen LogP contribution is 2.22. The summed E-state index contributed by atoms with van der Waals surface area (Å²) in [5.41, 5.74) is 5.34. The van der Waals surface area contributed by atoms with Gasteiger partial charge in [-0.25, -0.2) is 0 Å². The van der Waals surface area contributed by atoms with E-state index in [1.807, 2.05) is 6.92 Å². The van der Waals surface area contributed by atoms with Gasteiger partial charge in [-0.1, -0.05) is 12.1 Å². The van der Waals surface area contributed by atoms with E-state index in [0.717, 1.165) is 0 Å². The third-order valence-electron chi connectivity index (χ3n) is 1.92. The molecule has 1 heterocycles. The first-order valence-corrected chi connectivity index (χ1v) is 3.62. The third-order valence-corrected chi connectivity index (χ3v) is 1.92. The number of aliphatic hydroxyl groups excluding tert-OH is 1. The summed E-state index contributed by atoms with van der Waals surface area (Å²) in [6, 6.07) is -0.699. The standard InChI is InChI=1S/C6H12N2O3/c1-2-3-4(8-10)5(9)6(7)11-3/h3-6,9H,2,7H2,1H3. The van der Waals surface area contributed by atoms with Crippen molar-refractivity contribution in [2.75, 3.05) is 0 Å². The Hall–Kier alpha value is -0.520. The summed E-state index contributed by atoms with van der Waals surface area (Å²) in [4.78, 5) is 10.2. The van der Waals surface area contributed by atoms with E-state index < -0.39 is 18.4 Å². The molecular formula is C6H12N2O3. The predicted molar refractivity (Wildman–Crippen MR) is 38.7 cm³/mol. The molecule has 0 amide bonds. The molecule has 0 bridgehead atoms. The minimum Gasteiger partial charge on any atom is -0.386 e. The first-order chi connectivity index (χ1) is 5.20. The third kappa shape index (κ3) is 1.40. The van der Waals surface area contributed by atoms with Crippen molar-refractivity contribution >= 4 is 0 Å². The molecule has 0 aromatic rings. The van der Waals surface area contributed by atoms with Crippen molar-refractivity contribution in [3.8, 4) is 0 Å². The van der Waals surface area contributed by atoms with Gasteiger partial charge in [-0.2, -0.15) is 4.91 Å². The number of nitroso groups, excluding NO2 is 1. The molecule has 0 aromatic carbocycles. The summed E-state index contributed by atoms with van der Waals surface area (Å²) in [7, 11) is 0. The van der Waals surface area contributed by atoms with Crippen molar-refractivity contribution < 1.29 is 9.84 Å². The zero-order chi connectivity index (χ0) is 8.43. The Labute approximate surface area is 64.5 Å². The van der Waals surface area contributed by atoms with Gasteiger partial charge in [0.05, 0.1) is 6.10 Å². The molecule has 0 saturated carbocycles. The first-order valence-electron chi connectivity index (χ1n) is 3.62. The fourth-order valence-electron chi connectivity index (χ4n) is 1.25. The SMILES string of the molecule is CCC1OC(N)C(O)C1N=O. The van der Waals surface area contributed by atoms with Crippen LogP contribution in [0.3, 0.4) is 0 Å². The Morgan fingerprint density at radius 3 is 2.73 bits per heavy atom. The minimum atomic E-state index is -0.947. The van der Waals surface area contributed by atoms with Crippen molar-refractivity contribution in [1.29, 1.82) is 0 Å². The Morgan fingerprint density at radius 1 is 1.73 bits per heavy atom. The van der Waals surface area contributed by atoms with Crippen LogP contribution in [0.15, 0.2) is 5.18 Å². The molecule has 0 aromatic heterocycles. The van der Waals surface area contributed by atoms with E-state index in [-0.39, 0.29) is 6.10 Å². The highest BCUT2D eigenvalue weighted by atomic mass is 16.5. The predicted octanol–water partition coefficient (Wildman–Crippen LogP) is -0.424. The van der Waals surface area contributed by atoms with Crippen molar-refractivity contribution in [3.63, 3.8) is 0 Å². The summed E-state index contributed by atoms with van der Waals surface area (Å²) in [5.74, 6) is 0. The normalized spacial score (nSPS) is 44.3. The molecule has 5 heteroatoms. The lowest BCUT2D eigenvalue weighted by Gasteiger charge is -2.08. The van der Waals surface area contributed by atoms with E-state index in [2.05, 4.69) is 5.18 Å². The van der Waals surface area contributed by atoms with E-state index in [1.54, 1.807) is 0 Å². The van der Waals surface area contributed by atoms with Gasteiger partial charge in [0.15, 0.2) is 0 Å². The van der Waals surface area contributed by atoms with Gasteiger partial charge in [-0.05, 0) is 6.42 Å². The average Bonchev–Trinajstić information content (AvgIpc) is 2.28. The molecule has 1 saturated heterocycles. The lowest BCUT2D eigenvalue weighted by atomic mass is 10.1. The lowest BCUT2D eigenvalue weighted by Crippen LogP contribution is -2.35. The second-order valence-electron chi connectivity index (χ2n) is 2.63. The molecule has 3 N–H and O–H groups in total. The Balaban J connectivity index is 2.64. The minimum absolute atomic E-state index is 0.322. The van der Waals surface area contributed by atoms with Crippen LogP contribution < -0.4 is 5.73 Å². The second kappa shape index (κ2) is 3.25. The van der Waals surface area contributed by atoms with Crippen LogP contribution in [0.4, 0.5) is 0 Å². The Bertz CT molecular complexity index is 153. The van der Waals surface area contributed by atoms with E-state index in [0.29, 0.717) is 6.42 Å². The van der Waals surface area contributed by atoms with Crippen molar-refractivity contribution in [3.05, 3.63) is 4.91 Å². The molecule has 64 valence electrons. The largest absolute Gasteiger partial charge is 0.386 e. The summed E-state index contributed by atoms with van der Waals surface area (Å²) in [6.45, 7) is 1.85. The molecule has 0 spiro atoms. The van der Waals surface area contributed by atoms with Crippen LogP contribution >= 0.6 is 0 Å². The van der Waals surface area contributed by atoms with Gasteiger partial charge in [0.25, 0.3) is 0 Å². The van der Waals surface area contributed by atoms with Gasteiger partial charge in [-0.3, -0.25) is 0 Å². The van der Waals surface area contributed by atoms with E-state index in [9.17, 15) is 10.0 Å². The maximum absolute atomic E-state index is 10.2. The van der Waals surface area contributed by atoms with Gasteiger partial charge in [-0.15, -0.1) is 0 Å². The number of ether oxygens (including phenoxy) is 1. The molecule has 5 nitrogen and oxygen atoms in total. The first kappa shape index (κ1) is 8.58. The number of rotatable bonds is 2. The summed E-state index contributed by atoms with van der Waals surface area (Å²) < 4.78 is 5.06. The van der Waals surface area contributed by atoms with E-state index in [1.165, 1.54) is 0 Å². The fourth-order valence-corrected chi connectivity index (χ4v) is 1.25. The van der Waals surface area contributed by atoms with Gasteiger partial charge >= 0.3 is 0 Å². The van der Waals surface area contributed by atoms with Crippen LogP contribution in [-0.2, 0) is 4.74 Å². The van der Waals surface area contributed by atoms with Crippen LogP contribution in [0.2, 0.25) is 0 Å². The molecule has 1 aliphatic rings. The van der Waals surface area contributed by atoms with Crippen LogP contribution in [-0.4, -0.2) is 29.6 Å². The van der Waals surface area contributed by atoms with E-state index >= 15 is 0 Å². The zero-order valence-electron chi connectivity index (χ0n) is 6.30. The maximum atomic E-state index is 10.2. The number of hydrogen-bond donors (Lipinski definition) is 2. The molecule has 1 fully saturated rings. The summed E-state index contributed by atoms with van der Waals surface area (Å²) >= 11 is 0. The van der Waals surface area contributed by atoms with Crippen LogP contribution in [0.25, 0.3) is 0 Å². The van der Waals surface area contributed by atoms with Crippen LogP contribution in [0, 0.1) is 4.91 Å². The van der Waals surface area contributed by atoms with Crippen molar-refractivity contribution in [2.45, 2.75) is 37.8 Å². The number of nitrogens with zero attached hydrogens (tertiary/aromatic N) is 1.